The first-order chi connectivity index (χ1) is 11.2. The second kappa shape index (κ2) is 6.79. The summed E-state index contributed by atoms with van der Waals surface area (Å²) in [6, 6.07) is 13.6. The van der Waals surface area contributed by atoms with Gasteiger partial charge in [-0.05, 0) is 30.8 Å². The number of fused-ring (bicyclic) bond motifs is 1. The van der Waals surface area contributed by atoms with Gasteiger partial charge in [0.05, 0.1) is 18.5 Å². The average Bonchev–Trinajstić information content (AvgIpc) is 2.57. The van der Waals surface area contributed by atoms with Crippen LogP contribution < -0.4 is 15.4 Å². The Morgan fingerprint density at radius 2 is 1.96 bits per heavy atom. The van der Waals surface area contributed by atoms with Crippen LogP contribution in [0.1, 0.15) is 17.2 Å². The average molecular weight is 314 g/mol. The minimum absolute atomic E-state index is 0.00267. The number of nitrogens with one attached hydrogen (secondary N) is 2. The van der Waals surface area contributed by atoms with Crippen molar-refractivity contribution in [2.75, 3.05) is 13.7 Å². The molecule has 0 radical (unpaired) electrons. The summed E-state index contributed by atoms with van der Waals surface area (Å²) in [5, 5.41) is 6.25. The fourth-order valence-corrected chi connectivity index (χ4v) is 2.89. The molecule has 120 valence electrons. The number of benzene rings is 2. The van der Waals surface area contributed by atoms with Crippen LogP contribution >= 0.6 is 0 Å². The second-order valence-corrected chi connectivity index (χ2v) is 5.59. The fourth-order valence-electron chi connectivity index (χ4n) is 2.89. The Morgan fingerprint density at radius 3 is 2.70 bits per heavy atom. The highest BCUT2D eigenvalue weighted by molar-refractivity contribution is 5.79. The number of para-hydroxylation sites is 1. The second-order valence-electron chi connectivity index (χ2n) is 5.59. The van der Waals surface area contributed by atoms with E-state index < -0.39 is 0 Å². The van der Waals surface area contributed by atoms with E-state index in [-0.39, 0.29) is 30.2 Å². The first kappa shape index (κ1) is 15.5. The zero-order valence-corrected chi connectivity index (χ0v) is 12.9. The van der Waals surface area contributed by atoms with Gasteiger partial charge in [-0.15, -0.1) is 0 Å². The molecule has 2 aromatic rings. The lowest BCUT2D eigenvalue weighted by molar-refractivity contribution is -0.121. The van der Waals surface area contributed by atoms with Crippen molar-refractivity contribution in [2.24, 2.45) is 0 Å². The molecule has 23 heavy (non-hydrogen) atoms. The molecule has 0 aromatic heterocycles. The van der Waals surface area contributed by atoms with Gasteiger partial charge in [-0.2, -0.15) is 0 Å². The Morgan fingerprint density at radius 1 is 1.22 bits per heavy atom. The predicted octanol–water partition coefficient (Wildman–Crippen LogP) is 2.21. The molecule has 3 rings (SSSR count). The lowest BCUT2D eigenvalue weighted by Crippen LogP contribution is -2.49. The zero-order chi connectivity index (χ0) is 16.2. The Kier molecular flexibility index (Phi) is 4.57. The summed E-state index contributed by atoms with van der Waals surface area (Å²) in [7, 11) is 1.87. The molecule has 4 nitrogen and oxygen atoms in total. The monoisotopic (exact) mass is 314 g/mol. The third kappa shape index (κ3) is 3.51. The molecule has 1 heterocycles. The van der Waals surface area contributed by atoms with Crippen LogP contribution in [0.3, 0.4) is 0 Å². The first-order valence-electron chi connectivity index (χ1n) is 7.60. The highest BCUT2D eigenvalue weighted by Crippen LogP contribution is 2.31. The number of hydrogen-bond acceptors (Lipinski definition) is 3. The smallest absolute Gasteiger partial charge is 0.224 e. The topological polar surface area (TPSA) is 50.4 Å². The van der Waals surface area contributed by atoms with Crippen molar-refractivity contribution < 1.29 is 13.9 Å². The summed E-state index contributed by atoms with van der Waals surface area (Å²) in [5.74, 6) is 0.433. The molecule has 2 atom stereocenters. The molecule has 0 bridgehead atoms. The van der Waals surface area contributed by atoms with E-state index in [4.69, 9.17) is 4.74 Å². The quantitative estimate of drug-likeness (QED) is 0.910. The number of hydrogen-bond donors (Lipinski definition) is 2. The zero-order valence-electron chi connectivity index (χ0n) is 12.9. The number of carbonyl (C=O) groups excluding carboxylic acids is 1. The Bertz CT molecular complexity index is 688. The van der Waals surface area contributed by atoms with Crippen LogP contribution in [0.25, 0.3) is 0 Å². The van der Waals surface area contributed by atoms with Gasteiger partial charge in [0, 0.05) is 5.56 Å². The highest BCUT2D eigenvalue weighted by atomic mass is 19.1. The van der Waals surface area contributed by atoms with Crippen LogP contribution in [0.15, 0.2) is 48.5 Å². The molecule has 2 unspecified atom stereocenters. The van der Waals surface area contributed by atoms with E-state index in [1.54, 1.807) is 12.1 Å². The number of ether oxygens (including phenoxy) is 1. The van der Waals surface area contributed by atoms with E-state index in [1.807, 2.05) is 31.3 Å². The van der Waals surface area contributed by atoms with Crippen molar-refractivity contribution in [3.8, 4) is 5.75 Å². The Labute approximate surface area is 134 Å². The Hall–Kier alpha value is -2.40. The van der Waals surface area contributed by atoms with E-state index >= 15 is 0 Å². The molecule has 1 aliphatic rings. The van der Waals surface area contributed by atoms with Gasteiger partial charge < -0.3 is 15.4 Å². The molecular formula is C18H19FN2O2. The van der Waals surface area contributed by atoms with Crippen molar-refractivity contribution in [1.29, 1.82) is 0 Å². The minimum atomic E-state index is -0.304. The molecule has 0 saturated carbocycles. The summed E-state index contributed by atoms with van der Waals surface area (Å²) in [6.45, 7) is 0.414. The number of carbonyl (C=O) groups is 1. The van der Waals surface area contributed by atoms with Gasteiger partial charge in [-0.1, -0.05) is 30.3 Å². The number of amides is 1. The van der Waals surface area contributed by atoms with Crippen LogP contribution in [0.5, 0.6) is 5.75 Å². The predicted molar refractivity (Wildman–Crippen MR) is 85.8 cm³/mol. The Balaban J connectivity index is 1.67. The van der Waals surface area contributed by atoms with E-state index in [9.17, 15) is 9.18 Å². The maximum atomic E-state index is 12.9. The van der Waals surface area contributed by atoms with Gasteiger partial charge in [0.2, 0.25) is 5.91 Å². The number of halogens is 1. The van der Waals surface area contributed by atoms with Crippen molar-refractivity contribution >= 4 is 5.91 Å². The molecule has 5 heteroatoms. The molecule has 0 fully saturated rings. The lowest BCUT2D eigenvalue weighted by Gasteiger charge is -2.33. The van der Waals surface area contributed by atoms with Crippen molar-refractivity contribution in [1.82, 2.24) is 10.6 Å². The van der Waals surface area contributed by atoms with Crippen molar-refractivity contribution in [2.45, 2.75) is 18.5 Å². The van der Waals surface area contributed by atoms with Crippen LogP contribution in [-0.2, 0) is 11.2 Å². The van der Waals surface area contributed by atoms with E-state index in [1.165, 1.54) is 12.1 Å². The van der Waals surface area contributed by atoms with Gasteiger partial charge in [0.15, 0.2) is 0 Å². The third-order valence-corrected chi connectivity index (χ3v) is 4.01. The third-order valence-electron chi connectivity index (χ3n) is 4.01. The van der Waals surface area contributed by atoms with E-state index in [0.717, 1.165) is 16.9 Å². The van der Waals surface area contributed by atoms with Crippen LogP contribution in [0.4, 0.5) is 4.39 Å². The fraction of sp³-hybridized carbons (Fsp3) is 0.278. The van der Waals surface area contributed by atoms with E-state index in [2.05, 4.69) is 10.6 Å². The van der Waals surface area contributed by atoms with Crippen molar-refractivity contribution in [3.63, 3.8) is 0 Å². The van der Waals surface area contributed by atoms with Crippen LogP contribution in [0, 0.1) is 5.82 Å². The molecular weight excluding hydrogens is 295 g/mol. The standard InChI is InChI=1S/C18H19FN2O2/c1-20-18-14-4-2-3-5-16(14)23-11-15(18)21-17(22)10-12-6-8-13(19)9-7-12/h2-9,15,18,20H,10-11H2,1H3,(H,21,22). The normalized spacial score (nSPS) is 19.6. The van der Waals surface area contributed by atoms with Gasteiger partial charge in [0.1, 0.15) is 18.2 Å². The summed E-state index contributed by atoms with van der Waals surface area (Å²) >= 11 is 0. The molecule has 2 N–H and O–H groups in total. The largest absolute Gasteiger partial charge is 0.491 e. The molecule has 1 aliphatic heterocycles. The molecule has 0 spiro atoms. The molecule has 0 aliphatic carbocycles. The van der Waals surface area contributed by atoms with Crippen LogP contribution in [-0.4, -0.2) is 25.6 Å². The minimum Gasteiger partial charge on any atom is -0.491 e. The summed E-state index contributed by atoms with van der Waals surface area (Å²) in [4.78, 5) is 12.3. The maximum absolute atomic E-state index is 12.9. The summed E-state index contributed by atoms with van der Waals surface area (Å²) < 4.78 is 18.6. The van der Waals surface area contributed by atoms with Gasteiger partial charge in [0.25, 0.3) is 0 Å². The SMILES string of the molecule is CNC1c2ccccc2OCC1NC(=O)Cc1ccc(F)cc1. The molecule has 1 amide bonds. The first-order valence-corrected chi connectivity index (χ1v) is 7.60. The van der Waals surface area contributed by atoms with Crippen molar-refractivity contribution in [3.05, 3.63) is 65.5 Å². The lowest BCUT2D eigenvalue weighted by atomic mass is 9.96. The van der Waals surface area contributed by atoms with Gasteiger partial charge in [-0.25, -0.2) is 4.39 Å². The maximum Gasteiger partial charge on any atom is 0.224 e. The van der Waals surface area contributed by atoms with Gasteiger partial charge >= 0.3 is 0 Å². The number of likely N-dealkylation sites (N-methyl/N-ethyl adjacent to an activating group) is 1. The van der Waals surface area contributed by atoms with Gasteiger partial charge in [-0.3, -0.25) is 4.79 Å². The molecule has 0 saturated heterocycles. The van der Waals surface area contributed by atoms with Crippen LogP contribution in [0.2, 0.25) is 0 Å². The summed E-state index contributed by atoms with van der Waals surface area (Å²) in [5.41, 5.74) is 1.82. The highest BCUT2D eigenvalue weighted by Gasteiger charge is 2.30. The molecule has 2 aromatic carbocycles. The number of rotatable bonds is 4. The van der Waals surface area contributed by atoms with E-state index in [0.29, 0.717) is 6.61 Å². The summed E-state index contributed by atoms with van der Waals surface area (Å²) in [6.07, 6.45) is 0.217.